The molecule has 0 saturated heterocycles. The maximum atomic E-state index is 13.9. The van der Waals surface area contributed by atoms with Gasteiger partial charge in [0.25, 0.3) is 0 Å². The van der Waals surface area contributed by atoms with Gasteiger partial charge in [0, 0.05) is 16.1 Å². The summed E-state index contributed by atoms with van der Waals surface area (Å²) in [4.78, 5) is 16.8. The molecule has 30 heavy (non-hydrogen) atoms. The Morgan fingerprint density at radius 1 is 1.07 bits per heavy atom. The fourth-order valence-corrected chi connectivity index (χ4v) is 2.91. The van der Waals surface area contributed by atoms with E-state index in [9.17, 15) is 9.18 Å². The standard InChI is InChI=1S/C22H16Cl2FNO4/c1-28-21-10-14(12-26-30-22(27)15-4-2-5-16(23)11-15)8-9-20(21)29-13-17-18(24)6-3-7-19(17)25/h2-12H,13H2,1H3. The number of nitrogens with zero attached hydrogens (tertiary/aromatic N) is 1. The predicted octanol–water partition coefficient (Wildman–Crippen LogP) is 5.91. The van der Waals surface area contributed by atoms with E-state index in [1.807, 2.05) is 0 Å². The van der Waals surface area contributed by atoms with Crippen molar-refractivity contribution in [3.8, 4) is 11.5 Å². The molecule has 0 N–H and O–H groups in total. The van der Waals surface area contributed by atoms with Gasteiger partial charge in [0.2, 0.25) is 0 Å². The molecule has 3 rings (SSSR count). The summed E-state index contributed by atoms with van der Waals surface area (Å²) >= 11 is 11.9. The third-order valence-electron chi connectivity index (χ3n) is 4.02. The SMILES string of the molecule is COc1cc(C=NOC(=O)c2cccc(Cl)c2)ccc1OCc1c(F)cccc1Cl. The summed E-state index contributed by atoms with van der Waals surface area (Å²) in [7, 11) is 1.47. The molecule has 5 nitrogen and oxygen atoms in total. The molecule has 0 aliphatic heterocycles. The highest BCUT2D eigenvalue weighted by Gasteiger charge is 2.11. The van der Waals surface area contributed by atoms with Crippen molar-refractivity contribution in [1.82, 2.24) is 0 Å². The zero-order valence-electron chi connectivity index (χ0n) is 15.8. The first-order valence-corrected chi connectivity index (χ1v) is 9.47. The van der Waals surface area contributed by atoms with Gasteiger partial charge >= 0.3 is 5.97 Å². The van der Waals surface area contributed by atoms with E-state index in [2.05, 4.69) is 5.16 Å². The van der Waals surface area contributed by atoms with Crippen LogP contribution in [0.25, 0.3) is 0 Å². The third kappa shape index (κ3) is 5.49. The Balaban J connectivity index is 1.66. The quantitative estimate of drug-likeness (QED) is 0.256. The third-order valence-corrected chi connectivity index (χ3v) is 4.61. The van der Waals surface area contributed by atoms with Gasteiger partial charge in [-0.1, -0.05) is 40.5 Å². The Labute approximate surface area is 182 Å². The summed E-state index contributed by atoms with van der Waals surface area (Å²) in [5.41, 5.74) is 1.13. The minimum atomic E-state index is -0.637. The van der Waals surface area contributed by atoms with Gasteiger partial charge in [-0.25, -0.2) is 9.18 Å². The molecule has 3 aromatic rings. The van der Waals surface area contributed by atoms with Gasteiger partial charge in [0.1, 0.15) is 12.4 Å². The average molecular weight is 448 g/mol. The van der Waals surface area contributed by atoms with Gasteiger partial charge in [-0.2, -0.15) is 0 Å². The van der Waals surface area contributed by atoms with Crippen molar-refractivity contribution >= 4 is 35.4 Å². The Morgan fingerprint density at radius 3 is 2.60 bits per heavy atom. The number of hydrogen-bond donors (Lipinski definition) is 0. The molecule has 0 aromatic heterocycles. The van der Waals surface area contributed by atoms with Gasteiger partial charge < -0.3 is 14.3 Å². The second-order valence-corrected chi connectivity index (χ2v) is 6.87. The molecule has 3 aromatic carbocycles. The van der Waals surface area contributed by atoms with E-state index in [1.54, 1.807) is 42.5 Å². The van der Waals surface area contributed by atoms with Crippen LogP contribution in [-0.4, -0.2) is 19.3 Å². The van der Waals surface area contributed by atoms with Crippen LogP contribution in [0.5, 0.6) is 11.5 Å². The van der Waals surface area contributed by atoms with Crippen LogP contribution in [0, 0.1) is 5.82 Å². The number of benzene rings is 3. The monoisotopic (exact) mass is 447 g/mol. The molecule has 0 saturated carbocycles. The van der Waals surface area contributed by atoms with Gasteiger partial charge in [0.15, 0.2) is 11.5 Å². The summed E-state index contributed by atoms with van der Waals surface area (Å²) in [6.07, 6.45) is 1.35. The van der Waals surface area contributed by atoms with Crippen molar-refractivity contribution < 1.29 is 23.5 Å². The molecule has 0 fully saturated rings. The van der Waals surface area contributed by atoms with E-state index < -0.39 is 11.8 Å². The van der Waals surface area contributed by atoms with E-state index in [0.29, 0.717) is 22.1 Å². The molecule has 8 heteroatoms. The Kier molecular flexibility index (Phi) is 7.27. The van der Waals surface area contributed by atoms with E-state index in [-0.39, 0.29) is 22.8 Å². The fraction of sp³-hybridized carbons (Fsp3) is 0.0909. The molecule has 0 amide bonds. The molecule has 0 bridgehead atoms. The molecular weight excluding hydrogens is 432 g/mol. The highest BCUT2D eigenvalue weighted by Crippen LogP contribution is 2.29. The summed E-state index contributed by atoms with van der Waals surface area (Å²) in [6, 6.07) is 15.7. The maximum absolute atomic E-state index is 13.9. The number of rotatable bonds is 7. The largest absolute Gasteiger partial charge is 0.493 e. The van der Waals surface area contributed by atoms with Crippen LogP contribution in [0.4, 0.5) is 4.39 Å². The minimum Gasteiger partial charge on any atom is -0.493 e. The van der Waals surface area contributed by atoms with Crippen molar-refractivity contribution in [2.24, 2.45) is 5.16 Å². The highest BCUT2D eigenvalue weighted by molar-refractivity contribution is 6.31. The molecule has 0 atom stereocenters. The number of carbonyl (C=O) groups excluding carboxylic acids is 1. The second-order valence-electron chi connectivity index (χ2n) is 6.02. The fourth-order valence-electron chi connectivity index (χ4n) is 2.51. The van der Waals surface area contributed by atoms with Crippen LogP contribution in [0.3, 0.4) is 0 Å². The molecule has 154 valence electrons. The van der Waals surface area contributed by atoms with Gasteiger partial charge in [-0.05, 0) is 48.5 Å². The molecule has 0 heterocycles. The lowest BCUT2D eigenvalue weighted by molar-refractivity contribution is 0.0519. The maximum Gasteiger partial charge on any atom is 0.365 e. The average Bonchev–Trinajstić information content (AvgIpc) is 2.74. The van der Waals surface area contributed by atoms with Crippen molar-refractivity contribution in [3.63, 3.8) is 0 Å². The van der Waals surface area contributed by atoms with Crippen LogP contribution >= 0.6 is 23.2 Å². The predicted molar refractivity (Wildman–Crippen MR) is 113 cm³/mol. The van der Waals surface area contributed by atoms with Crippen LogP contribution in [0.2, 0.25) is 10.0 Å². The smallest absolute Gasteiger partial charge is 0.365 e. The van der Waals surface area contributed by atoms with Gasteiger partial charge in [-0.15, -0.1) is 0 Å². The Hall–Kier alpha value is -3.09. The van der Waals surface area contributed by atoms with Crippen molar-refractivity contribution in [3.05, 3.63) is 93.2 Å². The first kappa shape index (κ1) is 21.6. The number of oxime groups is 1. The minimum absolute atomic E-state index is 0.0629. The van der Waals surface area contributed by atoms with Crippen molar-refractivity contribution in [2.45, 2.75) is 6.61 Å². The summed E-state index contributed by atoms with van der Waals surface area (Å²) in [5, 5.41) is 4.39. The molecule has 0 unspecified atom stereocenters. The van der Waals surface area contributed by atoms with E-state index in [4.69, 9.17) is 37.5 Å². The lowest BCUT2D eigenvalue weighted by Crippen LogP contribution is -2.02. The highest BCUT2D eigenvalue weighted by atomic mass is 35.5. The lowest BCUT2D eigenvalue weighted by atomic mass is 10.2. The number of methoxy groups -OCH3 is 1. The van der Waals surface area contributed by atoms with Crippen LogP contribution in [-0.2, 0) is 11.4 Å². The Morgan fingerprint density at radius 2 is 1.87 bits per heavy atom. The van der Waals surface area contributed by atoms with Crippen molar-refractivity contribution in [2.75, 3.05) is 7.11 Å². The van der Waals surface area contributed by atoms with Gasteiger partial charge in [0.05, 0.1) is 23.9 Å². The zero-order chi connectivity index (χ0) is 21.5. The van der Waals surface area contributed by atoms with Crippen LogP contribution < -0.4 is 9.47 Å². The number of carbonyl (C=O) groups is 1. The first-order chi connectivity index (χ1) is 14.5. The first-order valence-electron chi connectivity index (χ1n) is 8.72. The molecule has 0 radical (unpaired) electrons. The zero-order valence-corrected chi connectivity index (χ0v) is 17.3. The van der Waals surface area contributed by atoms with E-state index in [1.165, 1.54) is 31.5 Å². The summed E-state index contributed by atoms with van der Waals surface area (Å²) < 4.78 is 24.8. The van der Waals surface area contributed by atoms with E-state index in [0.717, 1.165) is 0 Å². The van der Waals surface area contributed by atoms with Crippen molar-refractivity contribution in [1.29, 1.82) is 0 Å². The summed E-state index contributed by atoms with van der Waals surface area (Å²) in [6.45, 7) is -0.0629. The Bertz CT molecular complexity index is 1070. The molecule has 0 aliphatic rings. The lowest BCUT2D eigenvalue weighted by Gasteiger charge is -2.12. The van der Waals surface area contributed by atoms with Gasteiger partial charge in [-0.3, -0.25) is 0 Å². The topological polar surface area (TPSA) is 57.1 Å². The van der Waals surface area contributed by atoms with E-state index >= 15 is 0 Å². The molecular formula is C22H16Cl2FNO4. The van der Waals surface area contributed by atoms with Crippen LogP contribution in [0.15, 0.2) is 65.8 Å². The molecule has 0 spiro atoms. The molecule has 0 aliphatic carbocycles. The number of hydrogen-bond acceptors (Lipinski definition) is 5. The number of halogens is 3. The number of ether oxygens (including phenoxy) is 2. The van der Waals surface area contributed by atoms with Crippen LogP contribution in [0.1, 0.15) is 21.5 Å². The summed E-state index contributed by atoms with van der Waals surface area (Å²) in [5.74, 6) is -0.299. The normalized spacial score (nSPS) is 10.8. The second kappa shape index (κ2) is 10.1.